The molecule has 7 rings (SSSR count). The largest absolute Gasteiger partial charge is 0.464 e. The summed E-state index contributed by atoms with van der Waals surface area (Å²) in [6.07, 6.45) is 7.53. The van der Waals surface area contributed by atoms with Crippen LogP contribution in [0.15, 0.2) is 55.3 Å². The fraction of sp³-hybridized carbons (Fsp3) is 0.560. The highest BCUT2D eigenvalue weighted by molar-refractivity contribution is 6.29. The molecule has 15 nitrogen and oxygen atoms in total. The number of rotatable bonds is 10. The van der Waals surface area contributed by atoms with Crippen molar-refractivity contribution in [2.24, 2.45) is 11.3 Å². The molecule has 67 heavy (non-hydrogen) atoms. The van der Waals surface area contributed by atoms with Crippen molar-refractivity contribution in [3.63, 3.8) is 0 Å². The fourth-order valence-electron chi connectivity index (χ4n) is 10.3. The lowest BCUT2D eigenvalue weighted by molar-refractivity contribution is -0.158. The molecule has 4 amide bonds. The Hall–Kier alpha value is -4.95. The number of aromatic nitrogens is 2. The number of fused-ring (bicyclic) bond motifs is 6. The summed E-state index contributed by atoms with van der Waals surface area (Å²) in [6, 6.07) is 8.67. The zero-order chi connectivity index (χ0) is 48.6. The van der Waals surface area contributed by atoms with Crippen molar-refractivity contribution in [1.29, 1.82) is 0 Å². The highest BCUT2D eigenvalue weighted by Crippen LogP contribution is 2.42. The van der Waals surface area contributed by atoms with Gasteiger partial charge in [0.2, 0.25) is 17.7 Å². The van der Waals surface area contributed by atoms with Crippen molar-refractivity contribution >= 4 is 66.6 Å². The zero-order valence-corrected chi connectivity index (χ0v) is 42.4. The molecule has 2 aromatic heterocycles. The summed E-state index contributed by atoms with van der Waals surface area (Å²) >= 11 is 0. The molecule has 4 aliphatic rings. The number of cyclic esters (lactones) is 1. The molecule has 6 radical (unpaired) electrons. The number of methoxy groups -OCH3 is 1. The number of pyridine rings is 1. The van der Waals surface area contributed by atoms with Gasteiger partial charge < -0.3 is 29.2 Å². The predicted molar refractivity (Wildman–Crippen MR) is 259 cm³/mol. The Morgan fingerprint density at radius 1 is 1.12 bits per heavy atom. The number of amides is 4. The lowest BCUT2D eigenvalue weighted by Crippen LogP contribution is -2.68. The molecule has 2 fully saturated rings. The summed E-state index contributed by atoms with van der Waals surface area (Å²) < 4.78 is 14.4. The monoisotopic (exact) mass is 946 g/mol. The first-order valence-corrected chi connectivity index (χ1v) is 24.5. The van der Waals surface area contributed by atoms with Crippen LogP contribution in [0, 0.1) is 11.3 Å². The molecule has 0 saturated carbocycles. The van der Waals surface area contributed by atoms with Gasteiger partial charge in [-0.2, -0.15) is 0 Å². The summed E-state index contributed by atoms with van der Waals surface area (Å²) in [4.78, 5) is 80.4. The summed E-state index contributed by atoms with van der Waals surface area (Å²) in [5, 5.41) is 3.09. The number of nitrogens with zero attached hydrogens (tertiary/aromatic N) is 6. The second-order valence-corrected chi connectivity index (χ2v) is 21.7. The van der Waals surface area contributed by atoms with Crippen LogP contribution in [-0.2, 0) is 46.4 Å². The summed E-state index contributed by atoms with van der Waals surface area (Å²) in [5.74, 6) is -2.40. The molecule has 0 aliphatic carbocycles. The molecule has 2 N–H and O–H groups in total. The number of hydrazine groups is 1. The average Bonchev–Trinajstić information content (AvgIpc) is 3.86. The van der Waals surface area contributed by atoms with Crippen molar-refractivity contribution in [2.75, 3.05) is 60.0 Å². The van der Waals surface area contributed by atoms with E-state index >= 15 is 0 Å². The number of hydrogen-bond acceptors (Lipinski definition) is 10. The van der Waals surface area contributed by atoms with Crippen LogP contribution < -0.4 is 10.7 Å². The van der Waals surface area contributed by atoms with Crippen LogP contribution in [0.1, 0.15) is 90.2 Å². The van der Waals surface area contributed by atoms with Gasteiger partial charge in [0.15, 0.2) is 0 Å². The maximum absolute atomic E-state index is 14.9. The number of hydrogen-bond donors (Lipinski definition) is 2. The third kappa shape index (κ3) is 10.1. The minimum absolute atomic E-state index is 0.0970. The van der Waals surface area contributed by atoms with E-state index in [1.807, 2.05) is 26.8 Å². The predicted octanol–water partition coefficient (Wildman–Crippen LogP) is 4.35. The minimum atomic E-state index is -1.41. The van der Waals surface area contributed by atoms with Gasteiger partial charge in [-0.15, -0.1) is 0 Å². The van der Waals surface area contributed by atoms with Crippen LogP contribution in [-0.4, -0.2) is 157 Å². The van der Waals surface area contributed by atoms with Crippen LogP contribution in [0.2, 0.25) is 5.04 Å². The summed E-state index contributed by atoms with van der Waals surface area (Å²) in [5.41, 5.74) is 9.87. The number of nitrogens with one attached hydrogen (secondary N) is 2. The number of aryl methyl sites for hydroxylation is 1. The van der Waals surface area contributed by atoms with Gasteiger partial charge in [0, 0.05) is 98.3 Å². The fourth-order valence-corrected chi connectivity index (χ4v) is 11.2. The molecule has 1 aromatic carbocycles. The Kier molecular flexibility index (Phi) is 14.9. The van der Waals surface area contributed by atoms with E-state index in [1.54, 1.807) is 25.3 Å². The molecule has 3 aromatic rings. The molecule has 356 valence electrons. The second-order valence-electron chi connectivity index (χ2n) is 19.9. The topological polar surface area (TPSA) is 159 Å². The molecule has 6 atom stereocenters. The van der Waals surface area contributed by atoms with E-state index in [2.05, 4.69) is 98.4 Å². The standard InChI is InChI=1S/C50H66N8O7Si2/c1-10-40(59)56-24-20-49(66,29-56)46(62)54(8)42(31(3)4)44(60)52-38-28-55-22-13-15-34(27-55)33-17-18-39-36(25-33)37(43(57(39)11-2)35-16-12-21-51-41(35)32(5)64-9)26-48(6,7)30-65-47(63)50(67)19-14-23-58(53-50)45(38)61/h10,12,15-18,21,25,31-32,38,42,53H,1,11,13-14,19-20,22-24,26-30H2,2-9H3,(H,52,60)/t32-,38-,42-,49?,50-/m0/s1. The van der Waals surface area contributed by atoms with E-state index in [0.29, 0.717) is 51.9 Å². The van der Waals surface area contributed by atoms with E-state index in [9.17, 15) is 24.0 Å². The zero-order valence-electron chi connectivity index (χ0n) is 40.4. The van der Waals surface area contributed by atoms with E-state index < -0.39 is 45.5 Å². The highest BCUT2D eigenvalue weighted by atomic mass is 28.1. The molecule has 6 bridgehead atoms. The number of carbonyl (C=O) groups excluding carboxylic acids is 5. The first-order valence-electron chi connectivity index (χ1n) is 23.5. The van der Waals surface area contributed by atoms with Crippen molar-refractivity contribution in [2.45, 2.75) is 109 Å². The van der Waals surface area contributed by atoms with Crippen LogP contribution in [0.3, 0.4) is 0 Å². The van der Waals surface area contributed by atoms with E-state index in [-0.39, 0.29) is 50.1 Å². The molecule has 4 aliphatic heterocycles. The molecule has 2 unspecified atom stereocenters. The SMILES string of the molecule is C=CC(=O)N1CCC([Si])(C(=O)N(C)[C@H](C(=O)N[C@H]2CN3CCC=C(C3)c3ccc4c(c3)c(c(-c3cccnc3[C@H](C)OC)n4CC)CC(C)(C)COC(=O)[C@@]3([Si])CCCN(N3)C2=O)C(C)C)C1. The van der Waals surface area contributed by atoms with E-state index in [4.69, 9.17) is 14.5 Å². The quantitative estimate of drug-likeness (QED) is 0.170. The lowest BCUT2D eigenvalue weighted by atomic mass is 9.84. The van der Waals surface area contributed by atoms with Crippen molar-refractivity contribution in [3.05, 3.63) is 72.1 Å². The van der Waals surface area contributed by atoms with Crippen molar-refractivity contribution < 1.29 is 33.4 Å². The number of ether oxygens (including phenoxy) is 2. The van der Waals surface area contributed by atoms with Gasteiger partial charge in [0.1, 0.15) is 17.2 Å². The van der Waals surface area contributed by atoms with Gasteiger partial charge in [-0.1, -0.05) is 46.4 Å². The summed E-state index contributed by atoms with van der Waals surface area (Å²) in [6.45, 7) is 18.6. The third-order valence-corrected chi connectivity index (χ3v) is 15.1. The number of carbonyl (C=O) groups is 5. The average molecular weight is 947 g/mol. The normalized spacial score (nSPS) is 25.5. The Labute approximate surface area is 401 Å². The van der Waals surface area contributed by atoms with E-state index in [1.165, 1.54) is 16.0 Å². The third-order valence-electron chi connectivity index (χ3n) is 13.9. The molecule has 17 heteroatoms. The van der Waals surface area contributed by atoms with Gasteiger partial charge in [-0.3, -0.25) is 38.9 Å². The number of likely N-dealkylation sites (N-methyl/N-ethyl adjacent to an activating group) is 1. The van der Waals surface area contributed by atoms with Gasteiger partial charge in [0.25, 0.3) is 5.91 Å². The Bertz CT molecular complexity index is 2450. The Balaban J connectivity index is 1.27. The summed E-state index contributed by atoms with van der Waals surface area (Å²) in [7, 11) is 10.7. The first-order chi connectivity index (χ1) is 31.7. The minimum Gasteiger partial charge on any atom is -0.464 e. The van der Waals surface area contributed by atoms with Crippen LogP contribution in [0.5, 0.6) is 0 Å². The van der Waals surface area contributed by atoms with Gasteiger partial charge in [0.05, 0.1) is 39.4 Å². The van der Waals surface area contributed by atoms with Gasteiger partial charge in [-0.05, 0) is 98.9 Å². The Morgan fingerprint density at radius 2 is 1.88 bits per heavy atom. The maximum Gasteiger partial charge on any atom is 0.323 e. The molecular weight excluding hydrogens is 881 g/mol. The van der Waals surface area contributed by atoms with Crippen LogP contribution in [0.25, 0.3) is 27.7 Å². The van der Waals surface area contributed by atoms with Crippen molar-refractivity contribution in [3.8, 4) is 11.3 Å². The number of likely N-dealkylation sites (tertiary alicyclic amines) is 1. The molecule has 0 spiro atoms. The van der Waals surface area contributed by atoms with Crippen LogP contribution in [0.4, 0.5) is 0 Å². The van der Waals surface area contributed by atoms with Gasteiger partial charge in [-0.25, -0.2) is 5.43 Å². The van der Waals surface area contributed by atoms with Gasteiger partial charge >= 0.3 is 5.97 Å². The van der Waals surface area contributed by atoms with Crippen LogP contribution >= 0.6 is 0 Å². The highest BCUT2D eigenvalue weighted by Gasteiger charge is 2.47. The van der Waals surface area contributed by atoms with Crippen molar-refractivity contribution in [1.82, 2.24) is 40.0 Å². The maximum atomic E-state index is 14.9. The smallest absolute Gasteiger partial charge is 0.323 e. The van der Waals surface area contributed by atoms with E-state index in [0.717, 1.165) is 51.0 Å². The first kappa shape index (κ1) is 49.9. The molecule has 2 saturated heterocycles. The number of benzene rings is 1. The lowest BCUT2D eigenvalue weighted by Gasteiger charge is -2.42. The second kappa shape index (κ2) is 20.0. The molecule has 6 heterocycles. The Morgan fingerprint density at radius 3 is 2.58 bits per heavy atom. The molecular formula is C50H66N8O7Si2. The number of esters is 1.